The lowest BCUT2D eigenvalue weighted by molar-refractivity contribution is 0.101. The van der Waals surface area contributed by atoms with Crippen molar-refractivity contribution in [3.63, 3.8) is 0 Å². The maximum Gasteiger partial charge on any atom is 0.243 e. The Morgan fingerprint density at radius 2 is 1.76 bits per heavy atom. The van der Waals surface area contributed by atoms with E-state index in [1.54, 1.807) is 16.4 Å². The minimum Gasteiger partial charge on any atom is -0.385 e. The van der Waals surface area contributed by atoms with E-state index in [1.165, 1.54) is 25.1 Å². The highest BCUT2D eigenvalue weighted by Gasteiger charge is 2.57. The van der Waals surface area contributed by atoms with E-state index in [9.17, 15) is 17.6 Å². The fourth-order valence-electron chi connectivity index (χ4n) is 5.03. The molecular weight excluding hydrogens is 445 g/mol. The summed E-state index contributed by atoms with van der Waals surface area (Å²) in [5, 5.41) is 3.33. The molecule has 2 atom stereocenters. The van der Waals surface area contributed by atoms with Crippen molar-refractivity contribution in [3.8, 4) is 0 Å². The minimum atomic E-state index is -3.56. The summed E-state index contributed by atoms with van der Waals surface area (Å²) in [5.74, 6) is 0.694. The van der Waals surface area contributed by atoms with E-state index in [0.29, 0.717) is 74.9 Å². The third-order valence-corrected chi connectivity index (χ3v) is 8.92. The van der Waals surface area contributed by atoms with E-state index in [0.717, 1.165) is 5.69 Å². The highest BCUT2D eigenvalue weighted by molar-refractivity contribution is 7.89. The number of morpholine rings is 1. The van der Waals surface area contributed by atoms with Gasteiger partial charge in [0, 0.05) is 44.0 Å². The molecule has 2 aromatic carbocycles. The molecule has 176 valence electrons. The van der Waals surface area contributed by atoms with E-state index in [-0.39, 0.29) is 16.5 Å². The van der Waals surface area contributed by atoms with Gasteiger partial charge in [-0.3, -0.25) is 4.79 Å². The number of sulfonamides is 1. The molecule has 0 aromatic heterocycles. The minimum absolute atomic E-state index is 0.0904. The highest BCUT2D eigenvalue weighted by Crippen LogP contribution is 2.52. The summed E-state index contributed by atoms with van der Waals surface area (Å²) >= 11 is 0. The number of rotatable bonds is 7. The van der Waals surface area contributed by atoms with Crippen LogP contribution in [0.1, 0.15) is 17.3 Å². The smallest absolute Gasteiger partial charge is 0.243 e. The first-order valence-corrected chi connectivity index (χ1v) is 12.8. The van der Waals surface area contributed by atoms with Crippen molar-refractivity contribution >= 4 is 27.2 Å². The Hall–Kier alpha value is -2.49. The molecule has 1 saturated carbocycles. The maximum absolute atomic E-state index is 14.6. The van der Waals surface area contributed by atoms with Crippen LogP contribution in [0.2, 0.25) is 0 Å². The number of hydrogen-bond donors (Lipinski definition) is 1. The van der Waals surface area contributed by atoms with Gasteiger partial charge < -0.3 is 15.0 Å². The summed E-state index contributed by atoms with van der Waals surface area (Å²) < 4.78 is 47.4. The van der Waals surface area contributed by atoms with Gasteiger partial charge in [-0.05, 0) is 55.0 Å². The SMILES string of the molecule is CC(=O)c1ccc(S(=O)(=O)N2CC3C(CNc4ccc(N5CCOCC5)c(F)c4)C3C2)cc1. The number of piperidine rings is 1. The first-order chi connectivity index (χ1) is 15.8. The van der Waals surface area contributed by atoms with Crippen LogP contribution in [0.15, 0.2) is 47.4 Å². The van der Waals surface area contributed by atoms with E-state index in [1.807, 2.05) is 17.0 Å². The van der Waals surface area contributed by atoms with Crippen molar-refractivity contribution in [1.29, 1.82) is 0 Å². The summed E-state index contributed by atoms with van der Waals surface area (Å²) in [7, 11) is -3.56. The van der Waals surface area contributed by atoms with Crippen LogP contribution in [-0.4, -0.2) is 64.4 Å². The molecular formula is C24H28FN3O4S. The highest BCUT2D eigenvalue weighted by atomic mass is 32.2. The Morgan fingerprint density at radius 3 is 2.36 bits per heavy atom. The van der Waals surface area contributed by atoms with Gasteiger partial charge in [0.2, 0.25) is 10.0 Å². The molecule has 3 fully saturated rings. The normalized spacial score (nSPS) is 25.0. The molecule has 2 heterocycles. The summed E-state index contributed by atoms with van der Waals surface area (Å²) in [6, 6.07) is 11.4. The molecule has 1 aliphatic carbocycles. The summed E-state index contributed by atoms with van der Waals surface area (Å²) in [6.45, 7) is 5.76. The van der Waals surface area contributed by atoms with Crippen molar-refractivity contribution in [3.05, 3.63) is 53.8 Å². The molecule has 5 rings (SSSR count). The van der Waals surface area contributed by atoms with Crippen LogP contribution in [0.25, 0.3) is 0 Å². The summed E-state index contributed by atoms with van der Waals surface area (Å²) in [4.78, 5) is 13.6. The van der Waals surface area contributed by atoms with Crippen molar-refractivity contribution in [2.24, 2.45) is 17.8 Å². The molecule has 0 radical (unpaired) electrons. The van der Waals surface area contributed by atoms with Crippen molar-refractivity contribution < 1.29 is 22.3 Å². The number of ether oxygens (including phenoxy) is 1. The Balaban J connectivity index is 1.15. The van der Waals surface area contributed by atoms with E-state index >= 15 is 0 Å². The lowest BCUT2D eigenvalue weighted by atomic mass is 10.2. The zero-order valence-electron chi connectivity index (χ0n) is 18.5. The van der Waals surface area contributed by atoms with Gasteiger partial charge in [-0.1, -0.05) is 12.1 Å². The standard InChI is InChI=1S/C24H28FN3O4S/c1-16(29)17-2-5-19(6-3-17)33(30,31)28-14-21-20(22(21)15-28)13-26-18-4-7-24(23(25)12-18)27-8-10-32-11-9-27/h2-7,12,20-22,26H,8-11,13-15H2,1H3. The monoisotopic (exact) mass is 473 g/mol. The van der Waals surface area contributed by atoms with Gasteiger partial charge in [0.05, 0.1) is 23.8 Å². The molecule has 0 spiro atoms. The van der Waals surface area contributed by atoms with Gasteiger partial charge >= 0.3 is 0 Å². The second kappa shape index (κ2) is 8.70. The molecule has 9 heteroatoms. The average molecular weight is 474 g/mol. The number of benzene rings is 2. The van der Waals surface area contributed by atoms with Crippen molar-refractivity contribution in [1.82, 2.24) is 4.31 Å². The lowest BCUT2D eigenvalue weighted by Gasteiger charge is -2.29. The Morgan fingerprint density at radius 1 is 1.09 bits per heavy atom. The predicted molar refractivity (Wildman–Crippen MR) is 124 cm³/mol. The molecule has 2 unspecified atom stereocenters. The number of carbonyl (C=O) groups excluding carboxylic acids is 1. The quantitative estimate of drug-likeness (QED) is 0.623. The second-order valence-corrected chi connectivity index (χ2v) is 11.0. The number of nitrogens with zero attached hydrogens (tertiary/aromatic N) is 2. The lowest BCUT2D eigenvalue weighted by Crippen LogP contribution is -2.36. The Kier molecular flexibility index (Phi) is 5.88. The Labute approximate surface area is 193 Å². The van der Waals surface area contributed by atoms with Crippen molar-refractivity contribution in [2.45, 2.75) is 11.8 Å². The molecule has 7 nitrogen and oxygen atoms in total. The molecule has 2 aromatic rings. The van der Waals surface area contributed by atoms with Gasteiger partial charge in [0.15, 0.2) is 5.78 Å². The Bertz CT molecular complexity index is 1140. The third-order valence-electron chi connectivity index (χ3n) is 7.08. The summed E-state index contributed by atoms with van der Waals surface area (Å²) in [5.41, 5.74) is 1.84. The van der Waals surface area contributed by atoms with Crippen LogP contribution in [0.4, 0.5) is 15.8 Å². The van der Waals surface area contributed by atoms with Gasteiger partial charge in [-0.15, -0.1) is 0 Å². The van der Waals surface area contributed by atoms with Crippen LogP contribution in [0.3, 0.4) is 0 Å². The fraction of sp³-hybridized carbons (Fsp3) is 0.458. The summed E-state index contributed by atoms with van der Waals surface area (Å²) in [6.07, 6.45) is 0. The molecule has 33 heavy (non-hydrogen) atoms. The number of fused-ring (bicyclic) bond motifs is 1. The molecule has 0 bridgehead atoms. The largest absolute Gasteiger partial charge is 0.385 e. The average Bonchev–Trinajstić information content (AvgIpc) is 3.26. The van der Waals surface area contributed by atoms with Gasteiger partial charge in [-0.25, -0.2) is 12.8 Å². The molecule has 0 amide bonds. The fourth-order valence-corrected chi connectivity index (χ4v) is 6.55. The zero-order valence-corrected chi connectivity index (χ0v) is 19.4. The topological polar surface area (TPSA) is 79.0 Å². The van der Waals surface area contributed by atoms with Crippen LogP contribution in [-0.2, 0) is 14.8 Å². The van der Waals surface area contributed by atoms with Crippen LogP contribution >= 0.6 is 0 Å². The molecule has 2 aliphatic heterocycles. The number of Topliss-reactive ketones (excluding diaryl/α,β-unsaturated/α-hetero) is 1. The van der Waals surface area contributed by atoms with Gasteiger partial charge in [0.1, 0.15) is 5.82 Å². The number of halogens is 1. The van der Waals surface area contributed by atoms with Crippen molar-refractivity contribution in [2.75, 3.05) is 56.2 Å². The maximum atomic E-state index is 14.6. The molecule has 2 saturated heterocycles. The number of hydrogen-bond acceptors (Lipinski definition) is 6. The number of nitrogens with one attached hydrogen (secondary N) is 1. The number of anilines is 2. The van der Waals surface area contributed by atoms with E-state index < -0.39 is 10.0 Å². The van der Waals surface area contributed by atoms with Gasteiger partial charge in [-0.2, -0.15) is 4.31 Å². The zero-order chi connectivity index (χ0) is 23.2. The van der Waals surface area contributed by atoms with Crippen LogP contribution < -0.4 is 10.2 Å². The predicted octanol–water partition coefficient (Wildman–Crippen LogP) is 2.84. The number of carbonyl (C=O) groups is 1. The van der Waals surface area contributed by atoms with Gasteiger partial charge in [0.25, 0.3) is 0 Å². The third kappa shape index (κ3) is 4.37. The second-order valence-electron chi connectivity index (χ2n) is 9.04. The van der Waals surface area contributed by atoms with E-state index in [4.69, 9.17) is 4.74 Å². The molecule has 3 aliphatic rings. The first kappa shape index (κ1) is 22.3. The molecule has 1 N–H and O–H groups in total. The van der Waals surface area contributed by atoms with Crippen LogP contribution in [0.5, 0.6) is 0 Å². The number of ketones is 1. The first-order valence-electron chi connectivity index (χ1n) is 11.3. The van der Waals surface area contributed by atoms with Crippen LogP contribution in [0, 0.1) is 23.6 Å². The van der Waals surface area contributed by atoms with E-state index in [2.05, 4.69) is 5.32 Å².